The summed E-state index contributed by atoms with van der Waals surface area (Å²) < 4.78 is 5.49. The molecule has 2 saturated heterocycles. The van der Waals surface area contributed by atoms with Gasteiger partial charge < -0.3 is 10.1 Å². The van der Waals surface area contributed by atoms with Gasteiger partial charge in [-0.2, -0.15) is 0 Å². The first kappa shape index (κ1) is 6.58. The molecule has 2 aliphatic heterocycles. The van der Waals surface area contributed by atoms with Crippen molar-refractivity contribution >= 4 is 0 Å². The smallest absolute Gasteiger partial charge is 0.112 e. The van der Waals surface area contributed by atoms with Gasteiger partial charge in [-0.3, -0.25) is 5.32 Å². The molecule has 2 heterocycles. The van der Waals surface area contributed by atoms with Gasteiger partial charge in [0.2, 0.25) is 0 Å². The minimum Gasteiger partial charge on any atom is -0.362 e. The van der Waals surface area contributed by atoms with Crippen molar-refractivity contribution in [2.24, 2.45) is 5.92 Å². The topological polar surface area (TPSA) is 33.3 Å². The van der Waals surface area contributed by atoms with Crippen LogP contribution in [0.3, 0.4) is 0 Å². The molecule has 3 nitrogen and oxygen atoms in total. The Labute approximate surface area is 61.1 Å². The van der Waals surface area contributed by atoms with Gasteiger partial charge in [0.05, 0.1) is 6.61 Å². The Balaban J connectivity index is 1.85. The Bertz CT molecular complexity index is 92.2. The molecule has 0 saturated carbocycles. The summed E-state index contributed by atoms with van der Waals surface area (Å²) in [7, 11) is 0. The lowest BCUT2D eigenvalue weighted by Gasteiger charge is -2.15. The molecule has 2 fully saturated rings. The number of nitrogens with one attached hydrogen (secondary N) is 2. The lowest BCUT2D eigenvalue weighted by molar-refractivity contribution is 0.0590. The van der Waals surface area contributed by atoms with Gasteiger partial charge in [-0.25, -0.2) is 0 Å². The Hall–Kier alpha value is -0.120. The molecule has 0 radical (unpaired) electrons. The Morgan fingerprint density at radius 1 is 1.30 bits per heavy atom. The van der Waals surface area contributed by atoms with Crippen molar-refractivity contribution in [3.05, 3.63) is 0 Å². The van der Waals surface area contributed by atoms with E-state index < -0.39 is 0 Å². The fourth-order valence-corrected chi connectivity index (χ4v) is 1.68. The largest absolute Gasteiger partial charge is 0.362 e. The van der Waals surface area contributed by atoms with E-state index in [0.717, 1.165) is 26.2 Å². The van der Waals surface area contributed by atoms with Gasteiger partial charge in [0.25, 0.3) is 0 Å². The van der Waals surface area contributed by atoms with E-state index in [1.807, 2.05) is 0 Å². The molecule has 2 unspecified atom stereocenters. The van der Waals surface area contributed by atoms with Gasteiger partial charge >= 0.3 is 0 Å². The van der Waals surface area contributed by atoms with Crippen LogP contribution in [0.5, 0.6) is 0 Å². The molecule has 2 aliphatic rings. The quantitative estimate of drug-likeness (QED) is 0.520. The highest BCUT2D eigenvalue weighted by Crippen LogP contribution is 2.15. The van der Waals surface area contributed by atoms with Crippen LogP contribution in [0.15, 0.2) is 0 Å². The molecular formula is C7H14N2O. The highest BCUT2D eigenvalue weighted by atomic mass is 16.5. The van der Waals surface area contributed by atoms with Gasteiger partial charge in [0.1, 0.15) is 6.23 Å². The van der Waals surface area contributed by atoms with Crippen molar-refractivity contribution in [2.45, 2.75) is 12.6 Å². The third kappa shape index (κ3) is 1.17. The molecule has 0 aliphatic carbocycles. The predicted molar refractivity (Wildman–Crippen MR) is 38.7 cm³/mol. The van der Waals surface area contributed by atoms with Gasteiger partial charge in [0.15, 0.2) is 0 Å². The molecule has 0 spiro atoms. The van der Waals surface area contributed by atoms with Crippen LogP contribution in [-0.4, -0.2) is 32.5 Å². The van der Waals surface area contributed by atoms with E-state index in [0.29, 0.717) is 12.1 Å². The summed E-state index contributed by atoms with van der Waals surface area (Å²) in [6.45, 7) is 4.20. The summed E-state index contributed by atoms with van der Waals surface area (Å²) in [5, 5.41) is 6.67. The number of ether oxygens (including phenoxy) is 1. The van der Waals surface area contributed by atoms with Crippen LogP contribution in [0.1, 0.15) is 6.42 Å². The number of hydrogen-bond acceptors (Lipinski definition) is 3. The van der Waals surface area contributed by atoms with Crippen molar-refractivity contribution in [1.29, 1.82) is 0 Å². The zero-order valence-electron chi connectivity index (χ0n) is 6.10. The second kappa shape index (κ2) is 2.86. The SMILES string of the molecule is C1CC(C2NCCO2)CN1. The average Bonchev–Trinajstić information content (AvgIpc) is 2.59. The molecule has 0 aromatic heterocycles. The second-order valence-electron chi connectivity index (χ2n) is 3.00. The second-order valence-corrected chi connectivity index (χ2v) is 3.00. The van der Waals surface area contributed by atoms with Crippen molar-refractivity contribution in [1.82, 2.24) is 10.6 Å². The van der Waals surface area contributed by atoms with Crippen LogP contribution in [0, 0.1) is 5.92 Å². The number of rotatable bonds is 1. The van der Waals surface area contributed by atoms with Gasteiger partial charge in [-0.05, 0) is 13.0 Å². The first-order valence-corrected chi connectivity index (χ1v) is 4.02. The molecule has 2 N–H and O–H groups in total. The zero-order chi connectivity index (χ0) is 6.81. The zero-order valence-corrected chi connectivity index (χ0v) is 6.10. The monoisotopic (exact) mass is 142 g/mol. The maximum absolute atomic E-state index is 5.49. The summed E-state index contributed by atoms with van der Waals surface area (Å²) in [5.41, 5.74) is 0. The molecule has 2 rings (SSSR count). The summed E-state index contributed by atoms with van der Waals surface area (Å²) in [6.07, 6.45) is 1.60. The highest BCUT2D eigenvalue weighted by Gasteiger charge is 2.27. The summed E-state index contributed by atoms with van der Waals surface area (Å²) >= 11 is 0. The Kier molecular flexibility index (Phi) is 1.88. The van der Waals surface area contributed by atoms with E-state index in [2.05, 4.69) is 10.6 Å². The van der Waals surface area contributed by atoms with E-state index in [1.165, 1.54) is 6.42 Å². The van der Waals surface area contributed by atoms with Crippen molar-refractivity contribution in [3.63, 3.8) is 0 Å². The molecule has 0 amide bonds. The first-order chi connectivity index (χ1) is 4.97. The third-order valence-corrected chi connectivity index (χ3v) is 2.27. The Morgan fingerprint density at radius 2 is 2.30 bits per heavy atom. The van der Waals surface area contributed by atoms with Crippen LogP contribution in [-0.2, 0) is 4.74 Å². The Morgan fingerprint density at radius 3 is 2.90 bits per heavy atom. The van der Waals surface area contributed by atoms with Crippen LogP contribution in [0.2, 0.25) is 0 Å². The summed E-state index contributed by atoms with van der Waals surface area (Å²) in [6, 6.07) is 0. The van der Waals surface area contributed by atoms with E-state index in [1.54, 1.807) is 0 Å². The maximum atomic E-state index is 5.49. The standard InChI is InChI=1S/C7H14N2O/c1-2-8-5-6(1)7-9-3-4-10-7/h6-9H,1-5H2. The van der Waals surface area contributed by atoms with E-state index >= 15 is 0 Å². The fraction of sp³-hybridized carbons (Fsp3) is 1.00. The molecule has 10 heavy (non-hydrogen) atoms. The lowest BCUT2D eigenvalue weighted by atomic mass is 10.1. The molecule has 3 heteroatoms. The predicted octanol–water partition coefficient (Wildman–Crippen LogP) is -0.458. The maximum Gasteiger partial charge on any atom is 0.112 e. The number of hydrogen-bond donors (Lipinski definition) is 2. The van der Waals surface area contributed by atoms with Gasteiger partial charge in [-0.1, -0.05) is 0 Å². The molecule has 58 valence electrons. The van der Waals surface area contributed by atoms with Crippen molar-refractivity contribution < 1.29 is 4.74 Å². The van der Waals surface area contributed by atoms with Crippen LogP contribution in [0.25, 0.3) is 0 Å². The average molecular weight is 142 g/mol. The van der Waals surface area contributed by atoms with E-state index in [-0.39, 0.29) is 0 Å². The van der Waals surface area contributed by atoms with Gasteiger partial charge in [-0.15, -0.1) is 0 Å². The van der Waals surface area contributed by atoms with Crippen LogP contribution >= 0.6 is 0 Å². The summed E-state index contributed by atoms with van der Waals surface area (Å²) in [5.74, 6) is 0.711. The molecule has 0 aromatic rings. The first-order valence-electron chi connectivity index (χ1n) is 4.02. The fourth-order valence-electron chi connectivity index (χ4n) is 1.68. The summed E-state index contributed by atoms with van der Waals surface area (Å²) in [4.78, 5) is 0. The van der Waals surface area contributed by atoms with E-state index in [9.17, 15) is 0 Å². The van der Waals surface area contributed by atoms with Crippen LogP contribution in [0.4, 0.5) is 0 Å². The molecule has 2 atom stereocenters. The van der Waals surface area contributed by atoms with Crippen LogP contribution < -0.4 is 10.6 Å². The minimum atomic E-state index is 0.343. The third-order valence-electron chi connectivity index (χ3n) is 2.27. The van der Waals surface area contributed by atoms with Gasteiger partial charge in [0, 0.05) is 19.0 Å². The normalized spacial score (nSPS) is 40.8. The lowest BCUT2D eigenvalue weighted by Crippen LogP contribution is -2.32. The van der Waals surface area contributed by atoms with E-state index in [4.69, 9.17) is 4.74 Å². The molecule has 0 aromatic carbocycles. The molecular weight excluding hydrogens is 128 g/mol. The minimum absolute atomic E-state index is 0.343. The molecule has 0 bridgehead atoms. The van der Waals surface area contributed by atoms with Crippen molar-refractivity contribution in [2.75, 3.05) is 26.2 Å². The van der Waals surface area contributed by atoms with Crippen molar-refractivity contribution in [3.8, 4) is 0 Å². The highest BCUT2D eigenvalue weighted by molar-refractivity contribution is 4.79.